The largest absolute Gasteiger partial charge is 0.396 e. The fourth-order valence-electron chi connectivity index (χ4n) is 3.07. The van der Waals surface area contributed by atoms with Gasteiger partial charge in [0.15, 0.2) is 0 Å². The SMILES string of the molecule is Cn1cc(C(=O)N2CCCCC2CCO)c(C(C)(C)C)n1. The van der Waals surface area contributed by atoms with E-state index in [1.54, 1.807) is 4.68 Å². The molecule has 0 aliphatic carbocycles. The van der Waals surface area contributed by atoms with Gasteiger partial charge in [-0.05, 0) is 25.7 Å². The van der Waals surface area contributed by atoms with E-state index in [1.165, 1.54) is 0 Å². The topological polar surface area (TPSA) is 58.4 Å². The van der Waals surface area contributed by atoms with E-state index >= 15 is 0 Å². The lowest BCUT2D eigenvalue weighted by molar-refractivity contribution is 0.0572. The van der Waals surface area contributed by atoms with Crippen LogP contribution < -0.4 is 0 Å². The Labute approximate surface area is 126 Å². The summed E-state index contributed by atoms with van der Waals surface area (Å²) in [5, 5.41) is 13.7. The van der Waals surface area contributed by atoms with E-state index in [-0.39, 0.29) is 24.0 Å². The number of amides is 1. The summed E-state index contributed by atoms with van der Waals surface area (Å²) in [6.45, 7) is 7.14. The third-order valence-electron chi connectivity index (χ3n) is 4.12. The average Bonchev–Trinajstić information content (AvgIpc) is 2.81. The van der Waals surface area contributed by atoms with E-state index in [0.29, 0.717) is 12.0 Å². The summed E-state index contributed by atoms with van der Waals surface area (Å²) in [5.41, 5.74) is 1.40. The summed E-state index contributed by atoms with van der Waals surface area (Å²) in [4.78, 5) is 14.9. The molecule has 0 spiro atoms. The first-order chi connectivity index (χ1) is 9.84. The first kappa shape index (κ1) is 16.0. The van der Waals surface area contributed by atoms with E-state index in [0.717, 1.165) is 31.5 Å². The Bertz CT molecular complexity index is 500. The zero-order valence-corrected chi connectivity index (χ0v) is 13.6. The standard InChI is InChI=1S/C16H27N3O2/c1-16(2,3)14-13(11-18(4)17-14)15(21)19-9-6-5-7-12(19)8-10-20/h11-12,20H,5-10H2,1-4H3. The van der Waals surface area contributed by atoms with Crippen molar-refractivity contribution < 1.29 is 9.90 Å². The smallest absolute Gasteiger partial charge is 0.257 e. The summed E-state index contributed by atoms with van der Waals surface area (Å²) < 4.78 is 1.72. The Morgan fingerprint density at radius 1 is 1.43 bits per heavy atom. The minimum Gasteiger partial charge on any atom is -0.396 e. The molecule has 1 fully saturated rings. The van der Waals surface area contributed by atoms with Crippen molar-refractivity contribution in [1.82, 2.24) is 14.7 Å². The number of aliphatic hydroxyl groups excluding tert-OH is 1. The molecule has 0 bridgehead atoms. The lowest BCUT2D eigenvalue weighted by Crippen LogP contribution is -2.44. The van der Waals surface area contributed by atoms with Crippen molar-refractivity contribution in [1.29, 1.82) is 0 Å². The fourth-order valence-corrected chi connectivity index (χ4v) is 3.07. The van der Waals surface area contributed by atoms with Gasteiger partial charge in [-0.2, -0.15) is 5.10 Å². The highest BCUT2D eigenvalue weighted by Crippen LogP contribution is 2.28. The van der Waals surface area contributed by atoms with Gasteiger partial charge < -0.3 is 10.0 Å². The molecule has 0 radical (unpaired) electrons. The van der Waals surface area contributed by atoms with Gasteiger partial charge in [-0.1, -0.05) is 20.8 Å². The minimum atomic E-state index is -0.158. The van der Waals surface area contributed by atoms with E-state index in [4.69, 9.17) is 0 Å². The number of aryl methyl sites for hydroxylation is 1. The molecule has 0 aromatic carbocycles. The molecule has 2 rings (SSSR count). The molecule has 1 aliphatic heterocycles. The third kappa shape index (κ3) is 3.46. The van der Waals surface area contributed by atoms with Gasteiger partial charge in [0.1, 0.15) is 0 Å². The number of piperidine rings is 1. The number of rotatable bonds is 3. The summed E-state index contributed by atoms with van der Waals surface area (Å²) >= 11 is 0. The van der Waals surface area contributed by atoms with Crippen LogP contribution in [0.2, 0.25) is 0 Å². The Balaban J connectivity index is 2.30. The van der Waals surface area contributed by atoms with Crippen molar-refractivity contribution in [2.24, 2.45) is 7.05 Å². The molecule has 21 heavy (non-hydrogen) atoms. The van der Waals surface area contributed by atoms with Crippen LogP contribution in [0, 0.1) is 0 Å². The van der Waals surface area contributed by atoms with Crippen molar-refractivity contribution in [2.75, 3.05) is 13.2 Å². The Hall–Kier alpha value is -1.36. The maximum atomic E-state index is 13.0. The zero-order chi connectivity index (χ0) is 15.6. The summed E-state index contributed by atoms with van der Waals surface area (Å²) in [7, 11) is 1.85. The highest BCUT2D eigenvalue weighted by Gasteiger charge is 2.32. The summed E-state index contributed by atoms with van der Waals surface area (Å²) in [6.07, 6.45) is 5.65. The lowest BCUT2D eigenvalue weighted by Gasteiger charge is -2.36. The second-order valence-electron chi connectivity index (χ2n) is 6.98. The van der Waals surface area contributed by atoms with Gasteiger partial charge in [-0.3, -0.25) is 9.48 Å². The van der Waals surface area contributed by atoms with Gasteiger partial charge in [-0.15, -0.1) is 0 Å². The molecule has 1 atom stereocenters. The molecule has 1 aromatic heterocycles. The van der Waals surface area contributed by atoms with Crippen molar-refractivity contribution in [2.45, 2.75) is 57.9 Å². The molecule has 2 heterocycles. The minimum absolute atomic E-state index is 0.0613. The average molecular weight is 293 g/mol. The number of aliphatic hydroxyl groups is 1. The van der Waals surface area contributed by atoms with E-state index in [9.17, 15) is 9.90 Å². The first-order valence-corrected chi connectivity index (χ1v) is 7.80. The molecular formula is C16H27N3O2. The van der Waals surface area contributed by atoms with Crippen molar-refractivity contribution in [3.8, 4) is 0 Å². The van der Waals surface area contributed by atoms with Crippen molar-refractivity contribution in [3.63, 3.8) is 0 Å². The highest BCUT2D eigenvalue weighted by molar-refractivity contribution is 5.95. The lowest BCUT2D eigenvalue weighted by atomic mass is 9.88. The molecule has 1 unspecified atom stereocenters. The molecule has 0 saturated carbocycles. The fraction of sp³-hybridized carbons (Fsp3) is 0.750. The van der Waals surface area contributed by atoms with Crippen LogP contribution in [0.3, 0.4) is 0 Å². The number of aromatic nitrogens is 2. The zero-order valence-electron chi connectivity index (χ0n) is 13.6. The molecule has 1 amide bonds. The van der Waals surface area contributed by atoms with Crippen LogP contribution >= 0.6 is 0 Å². The van der Waals surface area contributed by atoms with Crippen LogP contribution in [-0.2, 0) is 12.5 Å². The monoisotopic (exact) mass is 293 g/mol. The molecule has 1 N–H and O–H groups in total. The highest BCUT2D eigenvalue weighted by atomic mass is 16.3. The number of carbonyl (C=O) groups is 1. The normalized spacial score (nSPS) is 19.9. The molecule has 5 nitrogen and oxygen atoms in total. The first-order valence-electron chi connectivity index (χ1n) is 7.80. The van der Waals surface area contributed by atoms with Crippen LogP contribution in [0.1, 0.15) is 62.5 Å². The number of nitrogens with zero attached hydrogens (tertiary/aromatic N) is 3. The van der Waals surface area contributed by atoms with Crippen LogP contribution in [0.5, 0.6) is 0 Å². The van der Waals surface area contributed by atoms with Gasteiger partial charge in [0, 0.05) is 37.9 Å². The van der Waals surface area contributed by atoms with E-state index in [2.05, 4.69) is 25.9 Å². The van der Waals surface area contributed by atoms with Gasteiger partial charge >= 0.3 is 0 Å². The number of hydrogen-bond donors (Lipinski definition) is 1. The molecule has 1 aliphatic rings. The third-order valence-corrected chi connectivity index (χ3v) is 4.12. The predicted molar refractivity (Wildman–Crippen MR) is 82.3 cm³/mol. The number of hydrogen-bond acceptors (Lipinski definition) is 3. The predicted octanol–water partition coefficient (Wildman–Crippen LogP) is 2.09. The molecule has 1 aromatic rings. The Morgan fingerprint density at radius 3 is 2.76 bits per heavy atom. The van der Waals surface area contributed by atoms with Gasteiger partial charge in [-0.25, -0.2) is 0 Å². The summed E-state index contributed by atoms with van der Waals surface area (Å²) in [6, 6.07) is 0.157. The van der Waals surface area contributed by atoms with Crippen molar-refractivity contribution >= 4 is 5.91 Å². The molecule has 118 valence electrons. The maximum Gasteiger partial charge on any atom is 0.257 e. The molecule has 5 heteroatoms. The number of carbonyl (C=O) groups excluding carboxylic acids is 1. The second-order valence-corrected chi connectivity index (χ2v) is 6.98. The molecular weight excluding hydrogens is 266 g/mol. The second kappa shape index (κ2) is 6.18. The maximum absolute atomic E-state index is 13.0. The van der Waals surface area contributed by atoms with E-state index < -0.39 is 0 Å². The van der Waals surface area contributed by atoms with Gasteiger partial charge in [0.05, 0.1) is 11.3 Å². The van der Waals surface area contributed by atoms with Crippen LogP contribution in [0.4, 0.5) is 0 Å². The van der Waals surface area contributed by atoms with Gasteiger partial charge in [0.25, 0.3) is 5.91 Å². The Kier molecular flexibility index (Phi) is 4.71. The van der Waals surface area contributed by atoms with Gasteiger partial charge in [0.2, 0.25) is 0 Å². The molecule has 1 saturated heterocycles. The van der Waals surface area contributed by atoms with Crippen LogP contribution in [0.25, 0.3) is 0 Å². The van der Waals surface area contributed by atoms with E-state index in [1.807, 2.05) is 18.1 Å². The van der Waals surface area contributed by atoms with Crippen molar-refractivity contribution in [3.05, 3.63) is 17.5 Å². The Morgan fingerprint density at radius 2 is 2.14 bits per heavy atom. The van der Waals surface area contributed by atoms with Crippen LogP contribution in [0.15, 0.2) is 6.20 Å². The summed E-state index contributed by atoms with van der Waals surface area (Å²) in [5.74, 6) is 0.0613. The quantitative estimate of drug-likeness (QED) is 0.928. The van der Waals surface area contributed by atoms with Crippen LogP contribution in [-0.4, -0.2) is 44.9 Å². The number of likely N-dealkylation sites (tertiary alicyclic amines) is 1.